The molecule has 0 atom stereocenters. The molecule has 0 saturated heterocycles. The van der Waals surface area contributed by atoms with Gasteiger partial charge in [0.15, 0.2) is 5.78 Å². The maximum absolute atomic E-state index is 12.1. The van der Waals surface area contributed by atoms with Crippen LogP contribution in [-0.4, -0.2) is 12.3 Å². The van der Waals surface area contributed by atoms with Crippen molar-refractivity contribution < 1.29 is 4.79 Å². The number of allylic oxidation sites excluding steroid dienone is 2. The lowest BCUT2D eigenvalue weighted by atomic mass is 10.1. The van der Waals surface area contributed by atoms with Crippen molar-refractivity contribution in [2.24, 2.45) is 0 Å². The molecule has 100 valence electrons. The molecule has 0 unspecified atom stereocenters. The Morgan fingerprint density at radius 3 is 2.68 bits per heavy atom. The Balaban J connectivity index is 2.69. The highest BCUT2D eigenvalue weighted by Crippen LogP contribution is 2.09. The highest BCUT2D eigenvalue weighted by Gasteiger charge is 2.04. The van der Waals surface area contributed by atoms with Gasteiger partial charge in [-0.2, -0.15) is 0 Å². The summed E-state index contributed by atoms with van der Waals surface area (Å²) in [5.74, 6) is 2.56. The van der Waals surface area contributed by atoms with E-state index in [1.165, 1.54) is 0 Å². The molecule has 0 bridgehead atoms. The van der Waals surface area contributed by atoms with Gasteiger partial charge in [-0.05, 0) is 12.8 Å². The largest absolute Gasteiger partial charge is 0.377 e. The van der Waals surface area contributed by atoms with Crippen molar-refractivity contribution in [3.05, 3.63) is 47.7 Å². The molecule has 1 rings (SSSR count). The summed E-state index contributed by atoms with van der Waals surface area (Å²) in [6, 6.07) is 9.28. The van der Waals surface area contributed by atoms with Crippen LogP contribution in [0, 0.1) is 12.3 Å². The number of ketones is 1. The van der Waals surface area contributed by atoms with Gasteiger partial charge in [0.1, 0.15) is 0 Å². The van der Waals surface area contributed by atoms with Crippen LogP contribution in [0.2, 0.25) is 0 Å². The maximum atomic E-state index is 12.1. The van der Waals surface area contributed by atoms with Gasteiger partial charge >= 0.3 is 0 Å². The van der Waals surface area contributed by atoms with Crippen molar-refractivity contribution in [1.82, 2.24) is 5.32 Å². The van der Waals surface area contributed by atoms with Crippen LogP contribution >= 0.6 is 0 Å². The third-order valence-electron chi connectivity index (χ3n) is 2.83. The number of hydrogen-bond donors (Lipinski definition) is 1. The van der Waals surface area contributed by atoms with Gasteiger partial charge in [0, 0.05) is 17.3 Å². The van der Waals surface area contributed by atoms with Crippen LogP contribution in [0.1, 0.15) is 43.0 Å². The number of benzene rings is 1. The van der Waals surface area contributed by atoms with Gasteiger partial charge in [0.25, 0.3) is 0 Å². The zero-order chi connectivity index (χ0) is 13.9. The van der Waals surface area contributed by atoms with E-state index in [4.69, 9.17) is 6.42 Å². The molecule has 2 nitrogen and oxygen atoms in total. The fourth-order valence-corrected chi connectivity index (χ4v) is 1.79. The van der Waals surface area contributed by atoms with E-state index in [0.29, 0.717) is 12.1 Å². The molecule has 1 aromatic rings. The summed E-state index contributed by atoms with van der Waals surface area (Å²) >= 11 is 0. The average molecular weight is 255 g/mol. The van der Waals surface area contributed by atoms with E-state index in [1.807, 2.05) is 30.3 Å². The van der Waals surface area contributed by atoms with Crippen molar-refractivity contribution >= 4 is 5.78 Å². The lowest BCUT2D eigenvalue weighted by Gasteiger charge is -2.08. The van der Waals surface area contributed by atoms with Crippen LogP contribution in [-0.2, 0) is 0 Å². The second kappa shape index (κ2) is 8.99. The lowest BCUT2D eigenvalue weighted by molar-refractivity contribution is 0.104. The van der Waals surface area contributed by atoms with Crippen LogP contribution in [0.15, 0.2) is 42.1 Å². The number of carbonyl (C=O) groups is 1. The summed E-state index contributed by atoms with van der Waals surface area (Å²) in [5.41, 5.74) is 1.64. The summed E-state index contributed by atoms with van der Waals surface area (Å²) < 4.78 is 0. The Labute approximate surface area is 115 Å². The van der Waals surface area contributed by atoms with Crippen LogP contribution in [0.3, 0.4) is 0 Å². The Bertz CT molecular complexity index is 454. The zero-order valence-electron chi connectivity index (χ0n) is 11.5. The smallest absolute Gasteiger partial charge is 0.187 e. The molecule has 0 aliphatic carbocycles. The van der Waals surface area contributed by atoms with Crippen molar-refractivity contribution in [2.75, 3.05) is 6.54 Å². The first-order valence-electron chi connectivity index (χ1n) is 6.75. The Kier molecular flexibility index (Phi) is 7.12. The summed E-state index contributed by atoms with van der Waals surface area (Å²) in [6.45, 7) is 2.62. The second-order valence-electron chi connectivity index (χ2n) is 4.41. The van der Waals surface area contributed by atoms with Crippen LogP contribution in [0.25, 0.3) is 0 Å². The summed E-state index contributed by atoms with van der Waals surface area (Å²) in [5, 5.41) is 3.13. The van der Waals surface area contributed by atoms with Crippen molar-refractivity contribution in [1.29, 1.82) is 0 Å². The standard InChI is InChI=1S/C17H21NO/c1-3-5-7-12-16(18-13-4-2)14-17(19)15-10-8-6-9-11-15/h2,6,8-11,14,18H,3,5,7,12-13H2,1H3. The van der Waals surface area contributed by atoms with Gasteiger partial charge in [-0.15, -0.1) is 6.42 Å². The molecule has 0 aliphatic rings. The number of carbonyl (C=O) groups excluding carboxylic acids is 1. The summed E-state index contributed by atoms with van der Waals surface area (Å²) in [4.78, 5) is 12.1. The molecule has 1 aromatic carbocycles. The molecule has 0 saturated carbocycles. The number of terminal acetylenes is 1. The molecule has 0 fully saturated rings. The summed E-state index contributed by atoms with van der Waals surface area (Å²) in [6.07, 6.45) is 11.2. The van der Waals surface area contributed by atoms with E-state index in [0.717, 1.165) is 31.4 Å². The maximum Gasteiger partial charge on any atom is 0.187 e. The van der Waals surface area contributed by atoms with Gasteiger partial charge in [0.2, 0.25) is 0 Å². The predicted octanol–water partition coefficient (Wildman–Crippen LogP) is 3.56. The first kappa shape index (κ1) is 15.0. The molecular weight excluding hydrogens is 234 g/mol. The van der Waals surface area contributed by atoms with Gasteiger partial charge in [-0.1, -0.05) is 56.0 Å². The zero-order valence-corrected chi connectivity index (χ0v) is 11.5. The molecule has 0 amide bonds. The molecular formula is C17H21NO. The summed E-state index contributed by atoms with van der Waals surface area (Å²) in [7, 11) is 0. The number of unbranched alkanes of at least 4 members (excludes halogenated alkanes) is 2. The monoisotopic (exact) mass is 255 g/mol. The fourth-order valence-electron chi connectivity index (χ4n) is 1.79. The van der Waals surface area contributed by atoms with E-state index >= 15 is 0 Å². The van der Waals surface area contributed by atoms with Crippen molar-refractivity contribution in [3.8, 4) is 12.3 Å². The number of rotatable bonds is 8. The van der Waals surface area contributed by atoms with Gasteiger partial charge in [-0.25, -0.2) is 0 Å². The quantitative estimate of drug-likeness (QED) is 0.333. The third-order valence-corrected chi connectivity index (χ3v) is 2.83. The normalized spacial score (nSPS) is 10.8. The second-order valence-corrected chi connectivity index (χ2v) is 4.41. The van der Waals surface area contributed by atoms with Crippen molar-refractivity contribution in [2.45, 2.75) is 32.6 Å². The molecule has 0 spiro atoms. The van der Waals surface area contributed by atoms with Gasteiger partial charge in [-0.3, -0.25) is 4.79 Å². The Hall–Kier alpha value is -2.01. The highest BCUT2D eigenvalue weighted by atomic mass is 16.1. The van der Waals surface area contributed by atoms with Gasteiger partial charge < -0.3 is 5.32 Å². The van der Waals surface area contributed by atoms with Crippen LogP contribution < -0.4 is 5.32 Å². The van der Waals surface area contributed by atoms with Crippen LogP contribution in [0.5, 0.6) is 0 Å². The lowest BCUT2D eigenvalue weighted by Crippen LogP contribution is -2.15. The molecule has 2 heteroatoms. The van der Waals surface area contributed by atoms with Crippen molar-refractivity contribution in [3.63, 3.8) is 0 Å². The Morgan fingerprint density at radius 1 is 1.32 bits per heavy atom. The first-order chi connectivity index (χ1) is 9.27. The first-order valence-corrected chi connectivity index (χ1v) is 6.75. The number of hydrogen-bond acceptors (Lipinski definition) is 2. The molecule has 0 aromatic heterocycles. The minimum absolute atomic E-state index is 0.0246. The van der Waals surface area contributed by atoms with Crippen LogP contribution in [0.4, 0.5) is 0 Å². The van der Waals surface area contributed by atoms with E-state index in [9.17, 15) is 4.79 Å². The molecule has 0 radical (unpaired) electrons. The fraction of sp³-hybridized carbons (Fsp3) is 0.353. The highest BCUT2D eigenvalue weighted by molar-refractivity contribution is 6.04. The molecule has 0 aliphatic heterocycles. The topological polar surface area (TPSA) is 29.1 Å². The Morgan fingerprint density at radius 2 is 2.05 bits per heavy atom. The minimum Gasteiger partial charge on any atom is -0.377 e. The average Bonchev–Trinajstić information content (AvgIpc) is 2.45. The third kappa shape index (κ3) is 5.92. The SMILES string of the molecule is C#CCNC(=CC(=O)c1ccccc1)CCCCC. The molecule has 0 heterocycles. The predicted molar refractivity (Wildman–Crippen MR) is 79.8 cm³/mol. The number of nitrogens with one attached hydrogen (secondary N) is 1. The molecule has 19 heavy (non-hydrogen) atoms. The van der Waals surface area contributed by atoms with E-state index in [-0.39, 0.29) is 5.78 Å². The van der Waals surface area contributed by atoms with E-state index in [2.05, 4.69) is 18.2 Å². The van der Waals surface area contributed by atoms with Gasteiger partial charge in [0.05, 0.1) is 6.54 Å². The minimum atomic E-state index is 0.0246. The van der Waals surface area contributed by atoms with E-state index < -0.39 is 0 Å². The van der Waals surface area contributed by atoms with E-state index in [1.54, 1.807) is 6.08 Å². The molecule has 1 N–H and O–H groups in total.